The van der Waals surface area contributed by atoms with Gasteiger partial charge in [0, 0.05) is 50.6 Å². The van der Waals surface area contributed by atoms with Gasteiger partial charge in [0.15, 0.2) is 0 Å². The Morgan fingerprint density at radius 2 is 1.45 bits per heavy atom. The summed E-state index contributed by atoms with van der Waals surface area (Å²) in [5.74, 6) is 0.285. The predicted octanol–water partition coefficient (Wildman–Crippen LogP) is 5.04. The lowest BCUT2D eigenvalue weighted by molar-refractivity contribution is 0.0793. The van der Waals surface area contributed by atoms with Crippen LogP contribution in [0, 0.1) is 5.82 Å². The van der Waals surface area contributed by atoms with E-state index in [2.05, 4.69) is 26.5 Å². The van der Waals surface area contributed by atoms with Crippen LogP contribution >= 0.6 is 0 Å². The SMILES string of the molecule is COc1ccccc1N1CCN(c2ccc(NC(=O)Nc3ccccc3F)cc2C(=O)N2CCCC2)CC1. The molecular formula is C29H32FN5O3. The largest absolute Gasteiger partial charge is 0.495 e. The third-order valence-electron chi connectivity index (χ3n) is 7.05. The highest BCUT2D eigenvalue weighted by molar-refractivity contribution is 6.04. The number of halogens is 1. The lowest BCUT2D eigenvalue weighted by Crippen LogP contribution is -2.47. The van der Waals surface area contributed by atoms with E-state index < -0.39 is 11.8 Å². The first-order chi connectivity index (χ1) is 18.5. The zero-order valence-corrected chi connectivity index (χ0v) is 21.5. The van der Waals surface area contributed by atoms with Gasteiger partial charge in [-0.25, -0.2) is 9.18 Å². The Bertz CT molecular complexity index is 1300. The molecule has 198 valence electrons. The molecule has 0 atom stereocenters. The normalized spacial score (nSPS) is 15.4. The smallest absolute Gasteiger partial charge is 0.323 e. The van der Waals surface area contributed by atoms with E-state index in [1.54, 1.807) is 31.4 Å². The monoisotopic (exact) mass is 517 g/mol. The summed E-state index contributed by atoms with van der Waals surface area (Å²) in [6.07, 6.45) is 1.98. The molecule has 2 aliphatic rings. The van der Waals surface area contributed by atoms with Gasteiger partial charge in [-0.1, -0.05) is 24.3 Å². The number of nitrogens with one attached hydrogen (secondary N) is 2. The van der Waals surface area contributed by atoms with E-state index in [1.165, 1.54) is 12.1 Å². The van der Waals surface area contributed by atoms with Crippen LogP contribution in [0.25, 0.3) is 0 Å². The van der Waals surface area contributed by atoms with Crippen LogP contribution in [0.3, 0.4) is 0 Å². The van der Waals surface area contributed by atoms with Crippen molar-refractivity contribution < 1.29 is 18.7 Å². The number of para-hydroxylation sites is 3. The number of rotatable bonds is 6. The molecule has 0 spiro atoms. The number of methoxy groups -OCH3 is 1. The Balaban J connectivity index is 1.34. The van der Waals surface area contributed by atoms with Crippen molar-refractivity contribution in [1.29, 1.82) is 0 Å². The quantitative estimate of drug-likeness (QED) is 0.479. The van der Waals surface area contributed by atoms with Crippen LogP contribution in [-0.2, 0) is 0 Å². The Morgan fingerprint density at radius 3 is 2.16 bits per heavy atom. The molecule has 2 heterocycles. The van der Waals surface area contributed by atoms with E-state index >= 15 is 0 Å². The molecule has 0 bridgehead atoms. The van der Waals surface area contributed by atoms with Crippen molar-refractivity contribution in [1.82, 2.24) is 4.90 Å². The fourth-order valence-electron chi connectivity index (χ4n) is 5.08. The number of carbonyl (C=O) groups is 2. The minimum Gasteiger partial charge on any atom is -0.495 e. The second kappa shape index (κ2) is 11.4. The Hall–Kier alpha value is -4.27. The standard InChI is InChI=1S/C29H32FN5O3/c1-38-27-11-5-4-10-26(27)34-18-16-33(17-19-34)25-13-12-21(20-22(25)28(36)35-14-6-7-15-35)31-29(37)32-24-9-3-2-8-23(24)30/h2-5,8-13,20H,6-7,14-19H2,1H3,(H2,31,32,37). The van der Waals surface area contributed by atoms with Gasteiger partial charge in [-0.15, -0.1) is 0 Å². The summed E-state index contributed by atoms with van der Waals surface area (Å²) in [4.78, 5) is 32.5. The Kier molecular flexibility index (Phi) is 7.62. The molecular weight excluding hydrogens is 485 g/mol. The van der Waals surface area contributed by atoms with Crippen LogP contribution in [-0.4, -0.2) is 63.2 Å². The molecule has 0 radical (unpaired) electrons. The van der Waals surface area contributed by atoms with Gasteiger partial charge in [0.2, 0.25) is 0 Å². The average molecular weight is 518 g/mol. The number of ether oxygens (including phenoxy) is 1. The first-order valence-corrected chi connectivity index (χ1v) is 12.9. The average Bonchev–Trinajstić information content (AvgIpc) is 3.49. The summed E-state index contributed by atoms with van der Waals surface area (Å²) in [7, 11) is 1.68. The second-order valence-corrected chi connectivity index (χ2v) is 9.44. The maximum atomic E-state index is 14.0. The number of hydrogen-bond acceptors (Lipinski definition) is 5. The minimum atomic E-state index is -0.576. The summed E-state index contributed by atoms with van der Waals surface area (Å²) < 4.78 is 19.5. The number of urea groups is 1. The highest BCUT2D eigenvalue weighted by Gasteiger charge is 2.27. The van der Waals surface area contributed by atoms with Crippen molar-refractivity contribution in [2.75, 3.05) is 66.8 Å². The molecule has 2 fully saturated rings. The third kappa shape index (κ3) is 5.51. The molecule has 38 heavy (non-hydrogen) atoms. The van der Waals surface area contributed by atoms with Crippen LogP contribution < -0.4 is 25.2 Å². The summed E-state index contributed by atoms with van der Waals surface area (Å²) >= 11 is 0. The summed E-state index contributed by atoms with van der Waals surface area (Å²) in [5.41, 5.74) is 3.02. The van der Waals surface area contributed by atoms with Crippen LogP contribution in [0.5, 0.6) is 5.75 Å². The molecule has 2 N–H and O–H groups in total. The molecule has 3 aromatic rings. The predicted molar refractivity (Wildman–Crippen MR) is 148 cm³/mol. The minimum absolute atomic E-state index is 0.0391. The van der Waals surface area contributed by atoms with Gasteiger partial charge in [-0.05, 0) is 55.3 Å². The Labute approximate surface area is 222 Å². The van der Waals surface area contributed by atoms with E-state index in [1.807, 2.05) is 29.2 Å². The van der Waals surface area contributed by atoms with Crippen LogP contribution in [0.4, 0.5) is 31.9 Å². The van der Waals surface area contributed by atoms with Crippen molar-refractivity contribution in [3.8, 4) is 5.75 Å². The number of hydrogen-bond donors (Lipinski definition) is 2. The van der Waals surface area contributed by atoms with E-state index in [9.17, 15) is 14.0 Å². The molecule has 0 aromatic heterocycles. The zero-order chi connectivity index (χ0) is 26.5. The van der Waals surface area contributed by atoms with Gasteiger partial charge in [0.05, 0.1) is 24.0 Å². The Morgan fingerprint density at radius 1 is 0.789 bits per heavy atom. The first kappa shape index (κ1) is 25.4. The number of anilines is 4. The molecule has 9 heteroatoms. The molecule has 0 aliphatic carbocycles. The number of carbonyl (C=O) groups excluding carboxylic acids is 2. The van der Waals surface area contributed by atoms with Crippen LogP contribution in [0.1, 0.15) is 23.2 Å². The van der Waals surface area contributed by atoms with Gasteiger partial charge in [-0.2, -0.15) is 0 Å². The molecule has 0 saturated carbocycles. The highest BCUT2D eigenvalue weighted by atomic mass is 19.1. The third-order valence-corrected chi connectivity index (χ3v) is 7.05. The van der Waals surface area contributed by atoms with Gasteiger partial charge in [0.25, 0.3) is 5.91 Å². The van der Waals surface area contributed by atoms with Crippen molar-refractivity contribution in [3.05, 3.63) is 78.1 Å². The van der Waals surface area contributed by atoms with Gasteiger partial charge < -0.3 is 30.1 Å². The number of amides is 3. The fourth-order valence-corrected chi connectivity index (χ4v) is 5.08. The van der Waals surface area contributed by atoms with Gasteiger partial charge >= 0.3 is 6.03 Å². The number of nitrogens with zero attached hydrogens (tertiary/aromatic N) is 3. The first-order valence-electron chi connectivity index (χ1n) is 12.9. The molecule has 3 aromatic carbocycles. The van der Waals surface area contributed by atoms with E-state index in [-0.39, 0.29) is 11.6 Å². The summed E-state index contributed by atoms with van der Waals surface area (Å²) in [6.45, 7) is 4.49. The molecule has 5 rings (SSSR count). The second-order valence-electron chi connectivity index (χ2n) is 9.44. The van der Waals surface area contributed by atoms with Crippen LogP contribution in [0.2, 0.25) is 0 Å². The number of piperazine rings is 1. The van der Waals surface area contributed by atoms with Crippen LogP contribution in [0.15, 0.2) is 66.7 Å². The van der Waals surface area contributed by atoms with Crippen molar-refractivity contribution in [2.24, 2.45) is 0 Å². The number of benzene rings is 3. The van der Waals surface area contributed by atoms with E-state index in [0.717, 1.165) is 69.2 Å². The van der Waals surface area contributed by atoms with Crippen molar-refractivity contribution in [3.63, 3.8) is 0 Å². The van der Waals surface area contributed by atoms with Gasteiger partial charge in [-0.3, -0.25) is 4.79 Å². The van der Waals surface area contributed by atoms with Gasteiger partial charge in [0.1, 0.15) is 11.6 Å². The zero-order valence-electron chi connectivity index (χ0n) is 21.5. The lowest BCUT2D eigenvalue weighted by atomic mass is 10.1. The topological polar surface area (TPSA) is 77.1 Å². The lowest BCUT2D eigenvalue weighted by Gasteiger charge is -2.38. The molecule has 2 aliphatic heterocycles. The summed E-state index contributed by atoms with van der Waals surface area (Å²) in [6, 6.07) is 18.8. The van der Waals surface area contributed by atoms with Crippen molar-refractivity contribution in [2.45, 2.75) is 12.8 Å². The molecule has 8 nitrogen and oxygen atoms in total. The molecule has 0 unspecified atom stereocenters. The number of likely N-dealkylation sites (tertiary alicyclic amines) is 1. The molecule has 3 amide bonds. The maximum Gasteiger partial charge on any atom is 0.323 e. The van der Waals surface area contributed by atoms with E-state index in [0.29, 0.717) is 11.3 Å². The van der Waals surface area contributed by atoms with E-state index in [4.69, 9.17) is 4.74 Å². The highest BCUT2D eigenvalue weighted by Crippen LogP contribution is 2.32. The molecule has 2 saturated heterocycles. The summed E-state index contributed by atoms with van der Waals surface area (Å²) in [5, 5.41) is 5.27. The fraction of sp³-hybridized carbons (Fsp3) is 0.310. The van der Waals surface area contributed by atoms with Crippen molar-refractivity contribution >= 4 is 34.7 Å². The maximum absolute atomic E-state index is 14.0.